The number of rotatable bonds is 3. The predicted molar refractivity (Wildman–Crippen MR) is 65.4 cm³/mol. The first-order valence-electron chi connectivity index (χ1n) is 6.37. The number of ether oxygens (including phenoxy) is 1. The Morgan fingerprint density at radius 2 is 1.95 bits per heavy atom. The van der Waals surface area contributed by atoms with E-state index in [9.17, 15) is 23.1 Å². The monoisotopic (exact) mass is 288 g/mol. The van der Waals surface area contributed by atoms with Gasteiger partial charge in [0.15, 0.2) is 0 Å². The van der Waals surface area contributed by atoms with E-state index in [1.54, 1.807) is 0 Å². The van der Waals surface area contributed by atoms with Gasteiger partial charge in [0.1, 0.15) is 0 Å². The molecule has 2 rings (SSSR count). The van der Waals surface area contributed by atoms with E-state index in [1.165, 1.54) is 12.1 Å². The van der Waals surface area contributed by atoms with Crippen LogP contribution in [0, 0.1) is 5.92 Å². The molecule has 6 heteroatoms. The van der Waals surface area contributed by atoms with E-state index in [1.807, 2.05) is 0 Å². The second-order valence-electron chi connectivity index (χ2n) is 4.89. The van der Waals surface area contributed by atoms with Crippen LogP contribution in [0.3, 0.4) is 0 Å². The van der Waals surface area contributed by atoms with Gasteiger partial charge in [-0.1, -0.05) is 18.2 Å². The van der Waals surface area contributed by atoms with Gasteiger partial charge in [-0.25, -0.2) is 0 Å². The van der Waals surface area contributed by atoms with Crippen LogP contribution in [0.15, 0.2) is 24.3 Å². The van der Waals surface area contributed by atoms with E-state index in [2.05, 4.69) is 0 Å². The topological polar surface area (TPSA) is 46.5 Å². The number of alkyl halides is 3. The number of benzene rings is 1. The van der Waals surface area contributed by atoms with Gasteiger partial charge >= 0.3 is 12.1 Å². The predicted octanol–water partition coefficient (Wildman–Crippen LogP) is 3.30. The minimum absolute atomic E-state index is 0.190. The lowest BCUT2D eigenvalue weighted by Crippen LogP contribution is -2.27. The lowest BCUT2D eigenvalue weighted by molar-refractivity contribution is -0.142. The number of halogens is 3. The van der Waals surface area contributed by atoms with Crippen molar-refractivity contribution in [1.29, 1.82) is 0 Å². The summed E-state index contributed by atoms with van der Waals surface area (Å²) in [6, 6.07) is 4.59. The van der Waals surface area contributed by atoms with E-state index < -0.39 is 23.6 Å². The zero-order valence-electron chi connectivity index (χ0n) is 10.7. The Morgan fingerprint density at radius 3 is 2.50 bits per heavy atom. The van der Waals surface area contributed by atoms with Crippen molar-refractivity contribution in [3.63, 3.8) is 0 Å². The third-order valence-corrected chi connectivity index (χ3v) is 3.58. The minimum atomic E-state index is -4.46. The van der Waals surface area contributed by atoms with Gasteiger partial charge in [0.05, 0.1) is 11.5 Å². The van der Waals surface area contributed by atoms with Crippen LogP contribution in [-0.4, -0.2) is 24.3 Å². The van der Waals surface area contributed by atoms with Gasteiger partial charge in [0, 0.05) is 13.2 Å². The molecule has 0 bridgehead atoms. The lowest BCUT2D eigenvalue weighted by atomic mass is 9.81. The van der Waals surface area contributed by atoms with Crippen molar-refractivity contribution in [2.45, 2.75) is 24.9 Å². The minimum Gasteiger partial charge on any atom is -0.481 e. The molecule has 1 aliphatic heterocycles. The second-order valence-corrected chi connectivity index (χ2v) is 4.89. The first kappa shape index (κ1) is 14.8. The lowest BCUT2D eigenvalue weighted by Gasteiger charge is -2.28. The molecule has 0 spiro atoms. The summed E-state index contributed by atoms with van der Waals surface area (Å²) < 4.78 is 43.3. The van der Waals surface area contributed by atoms with Gasteiger partial charge in [-0.05, 0) is 30.4 Å². The third-order valence-electron chi connectivity index (χ3n) is 3.58. The molecule has 1 aromatic carbocycles. The number of hydrogen-bond acceptors (Lipinski definition) is 2. The van der Waals surface area contributed by atoms with Gasteiger partial charge in [-0.3, -0.25) is 4.79 Å². The van der Waals surface area contributed by atoms with E-state index >= 15 is 0 Å². The highest BCUT2D eigenvalue weighted by molar-refractivity contribution is 5.76. The van der Waals surface area contributed by atoms with Crippen molar-refractivity contribution in [1.82, 2.24) is 0 Å². The Hall–Kier alpha value is -1.56. The summed E-state index contributed by atoms with van der Waals surface area (Å²) in [6.45, 7) is 0.904. The van der Waals surface area contributed by atoms with Crippen LogP contribution >= 0.6 is 0 Å². The summed E-state index contributed by atoms with van der Waals surface area (Å²) in [5.41, 5.74) is -0.604. The molecule has 1 fully saturated rings. The smallest absolute Gasteiger partial charge is 0.416 e. The Bertz CT molecular complexity index is 479. The summed E-state index contributed by atoms with van der Waals surface area (Å²) in [7, 11) is 0. The quantitative estimate of drug-likeness (QED) is 0.928. The Balaban J connectivity index is 2.32. The number of aliphatic carboxylic acids is 1. The van der Waals surface area contributed by atoms with Crippen LogP contribution in [0.1, 0.15) is 29.9 Å². The molecule has 1 atom stereocenters. The van der Waals surface area contributed by atoms with Crippen molar-refractivity contribution < 1.29 is 27.8 Å². The zero-order chi connectivity index (χ0) is 14.8. The number of carboxylic acid groups (broad SMARTS) is 1. The van der Waals surface area contributed by atoms with Crippen LogP contribution in [0.2, 0.25) is 0 Å². The van der Waals surface area contributed by atoms with E-state index in [0.717, 1.165) is 12.1 Å². The van der Waals surface area contributed by atoms with Crippen LogP contribution in [0.5, 0.6) is 0 Å². The van der Waals surface area contributed by atoms with Gasteiger partial charge in [0.25, 0.3) is 0 Å². The summed E-state index contributed by atoms with van der Waals surface area (Å²) in [5, 5.41) is 9.35. The molecule has 3 nitrogen and oxygen atoms in total. The molecule has 0 aliphatic carbocycles. The average molecular weight is 288 g/mol. The van der Waals surface area contributed by atoms with Crippen LogP contribution < -0.4 is 0 Å². The summed E-state index contributed by atoms with van der Waals surface area (Å²) in [6.07, 6.45) is -3.37. The first-order valence-corrected chi connectivity index (χ1v) is 6.37. The van der Waals surface area contributed by atoms with Crippen molar-refractivity contribution >= 4 is 5.97 Å². The molecule has 0 amide bonds. The van der Waals surface area contributed by atoms with Crippen molar-refractivity contribution in [2.24, 2.45) is 5.92 Å². The Kier molecular flexibility index (Phi) is 4.32. The Labute approximate surface area is 114 Å². The molecule has 1 N–H and O–H groups in total. The van der Waals surface area contributed by atoms with Gasteiger partial charge < -0.3 is 9.84 Å². The molecule has 20 heavy (non-hydrogen) atoms. The fourth-order valence-electron chi connectivity index (χ4n) is 2.57. The zero-order valence-corrected chi connectivity index (χ0v) is 10.7. The molecule has 0 saturated carbocycles. The summed E-state index contributed by atoms with van der Waals surface area (Å²) in [4.78, 5) is 11.4. The molecule has 0 aromatic heterocycles. The highest BCUT2D eigenvalue weighted by atomic mass is 19.4. The van der Waals surface area contributed by atoms with E-state index in [-0.39, 0.29) is 11.5 Å². The van der Waals surface area contributed by atoms with Crippen LogP contribution in [0.25, 0.3) is 0 Å². The van der Waals surface area contributed by atoms with Crippen LogP contribution in [0.4, 0.5) is 13.2 Å². The number of carboxylic acids is 1. The van der Waals surface area contributed by atoms with E-state index in [0.29, 0.717) is 26.1 Å². The maximum Gasteiger partial charge on any atom is 0.416 e. The summed E-state index contributed by atoms with van der Waals surface area (Å²) in [5.74, 6) is -2.19. The number of carbonyl (C=O) groups is 1. The van der Waals surface area contributed by atoms with Gasteiger partial charge in [-0.2, -0.15) is 13.2 Å². The third kappa shape index (κ3) is 3.30. The average Bonchev–Trinajstić information content (AvgIpc) is 2.39. The first-order chi connectivity index (χ1) is 9.39. The molecule has 1 aromatic rings. The fourth-order valence-corrected chi connectivity index (χ4v) is 2.57. The molecule has 1 heterocycles. The molecular weight excluding hydrogens is 273 g/mol. The van der Waals surface area contributed by atoms with Crippen LogP contribution in [-0.2, 0) is 15.7 Å². The molecule has 1 aliphatic rings. The summed E-state index contributed by atoms with van der Waals surface area (Å²) >= 11 is 0. The maximum absolute atomic E-state index is 12.7. The van der Waals surface area contributed by atoms with E-state index in [4.69, 9.17) is 4.74 Å². The highest BCUT2D eigenvalue weighted by Gasteiger charge is 2.34. The fraction of sp³-hybridized carbons (Fsp3) is 0.500. The van der Waals surface area contributed by atoms with Crippen molar-refractivity contribution in [2.75, 3.05) is 13.2 Å². The van der Waals surface area contributed by atoms with Gasteiger partial charge in [-0.15, -0.1) is 0 Å². The molecule has 110 valence electrons. The largest absolute Gasteiger partial charge is 0.481 e. The van der Waals surface area contributed by atoms with Gasteiger partial charge in [0.2, 0.25) is 0 Å². The SMILES string of the molecule is O=C(O)C(c1cccc(C(F)(F)F)c1)C1CCOCC1. The maximum atomic E-state index is 12.7. The Morgan fingerprint density at radius 1 is 1.30 bits per heavy atom. The second kappa shape index (κ2) is 5.83. The molecule has 0 radical (unpaired) electrons. The van der Waals surface area contributed by atoms with Crippen molar-refractivity contribution in [3.05, 3.63) is 35.4 Å². The normalized spacial score (nSPS) is 18.8. The standard InChI is InChI=1S/C14H15F3O3/c15-14(16,17)11-3-1-2-10(8-11)12(13(18)19)9-4-6-20-7-5-9/h1-3,8-9,12H,4-7H2,(H,18,19). The highest BCUT2D eigenvalue weighted by Crippen LogP contribution is 2.36. The molecular formula is C14H15F3O3. The van der Waals surface area contributed by atoms with Crippen molar-refractivity contribution in [3.8, 4) is 0 Å². The molecule has 1 unspecified atom stereocenters. The molecule has 1 saturated heterocycles. The number of hydrogen-bond donors (Lipinski definition) is 1.